The van der Waals surface area contributed by atoms with E-state index < -0.39 is 11.5 Å². The summed E-state index contributed by atoms with van der Waals surface area (Å²) in [5, 5.41) is 2.23. The third kappa shape index (κ3) is 5.73. The van der Waals surface area contributed by atoms with E-state index in [1.165, 1.54) is 0 Å². The number of H-pyrrole nitrogens is 1. The van der Waals surface area contributed by atoms with E-state index in [0.717, 1.165) is 73.3 Å². The van der Waals surface area contributed by atoms with E-state index in [-0.39, 0.29) is 18.1 Å². The molecule has 1 amide bonds. The van der Waals surface area contributed by atoms with Crippen molar-refractivity contribution in [2.75, 3.05) is 32.8 Å². The number of hydrogen-bond donors (Lipinski definition) is 1. The number of unbranched alkanes of at least 4 members (excludes halogenated alkanes) is 1. The molecule has 2 saturated heterocycles. The number of amides is 1. The maximum Gasteiger partial charge on any atom is 0.224 e. The molecule has 0 radical (unpaired) electrons. The van der Waals surface area contributed by atoms with Crippen molar-refractivity contribution < 1.29 is 14.3 Å². The van der Waals surface area contributed by atoms with Crippen LogP contribution in [0.25, 0.3) is 10.9 Å². The number of ketones is 1. The number of Topliss-reactive ketones (excluding diaryl/α,β-unsaturated/α-hetero) is 1. The zero-order valence-electron chi connectivity index (χ0n) is 23.5. The second-order valence-electron chi connectivity index (χ2n) is 11.3. The Labute approximate surface area is 256 Å². The molecule has 3 heterocycles. The van der Waals surface area contributed by atoms with Crippen LogP contribution in [-0.4, -0.2) is 59.3 Å². The number of aromatic nitrogens is 1. The summed E-state index contributed by atoms with van der Waals surface area (Å²) in [6.45, 7) is 4.72. The standard InChI is InChI=1S/C34H35Cl2N3O3/c35-26-11-9-24(10-12-26)23-39-32(41)21-34(25-6-2-1-3-7-25,31(40)8-4-5-15-38-16-18-42-19-17-38)33(39)29-22-37-30-20-27(36)13-14-28(29)30/h1-3,6-7,9-14,20,22,33,37H,4-5,8,15-19,21,23H2/t33-,34-/m0/s1. The van der Waals surface area contributed by atoms with Crippen LogP contribution < -0.4 is 0 Å². The first-order chi connectivity index (χ1) is 20.5. The largest absolute Gasteiger partial charge is 0.379 e. The number of nitrogens with one attached hydrogen (secondary N) is 1. The molecule has 2 aliphatic rings. The van der Waals surface area contributed by atoms with Crippen LogP contribution in [0, 0.1) is 0 Å². The number of nitrogens with zero attached hydrogens (tertiary/aromatic N) is 2. The van der Waals surface area contributed by atoms with Crippen molar-refractivity contribution in [2.45, 2.75) is 43.7 Å². The van der Waals surface area contributed by atoms with Crippen LogP contribution in [0.5, 0.6) is 0 Å². The zero-order valence-corrected chi connectivity index (χ0v) is 25.0. The van der Waals surface area contributed by atoms with E-state index in [0.29, 0.717) is 23.0 Å². The number of carbonyl (C=O) groups excluding carboxylic acids is 2. The van der Waals surface area contributed by atoms with Crippen LogP contribution >= 0.6 is 23.2 Å². The molecule has 6 nitrogen and oxygen atoms in total. The molecular formula is C34H35Cl2N3O3. The lowest BCUT2D eigenvalue weighted by Crippen LogP contribution is -2.42. The van der Waals surface area contributed by atoms with Crippen molar-refractivity contribution in [3.63, 3.8) is 0 Å². The first kappa shape index (κ1) is 28.9. The van der Waals surface area contributed by atoms with E-state index in [1.54, 1.807) is 0 Å². The van der Waals surface area contributed by atoms with Gasteiger partial charge in [0.2, 0.25) is 5.91 Å². The molecule has 0 spiro atoms. The minimum absolute atomic E-state index is 0.0382. The number of hydrogen-bond acceptors (Lipinski definition) is 4. The molecule has 42 heavy (non-hydrogen) atoms. The third-order valence-electron chi connectivity index (χ3n) is 8.78. The average molecular weight is 605 g/mol. The maximum atomic E-state index is 14.6. The van der Waals surface area contributed by atoms with Gasteiger partial charge in [-0.25, -0.2) is 0 Å². The molecule has 2 fully saturated rings. The maximum absolute atomic E-state index is 14.6. The van der Waals surface area contributed by atoms with Gasteiger partial charge in [-0.3, -0.25) is 14.5 Å². The summed E-state index contributed by atoms with van der Waals surface area (Å²) in [6, 6.07) is 22.7. The van der Waals surface area contributed by atoms with Gasteiger partial charge in [0.1, 0.15) is 5.78 Å². The molecule has 218 valence electrons. The highest BCUT2D eigenvalue weighted by Gasteiger charge is 2.57. The van der Waals surface area contributed by atoms with E-state index in [1.807, 2.05) is 83.9 Å². The summed E-state index contributed by atoms with van der Waals surface area (Å²) < 4.78 is 5.48. The summed E-state index contributed by atoms with van der Waals surface area (Å²) in [4.78, 5) is 36.4. The fraction of sp³-hybridized carbons (Fsp3) is 0.353. The van der Waals surface area contributed by atoms with Gasteiger partial charge in [0.05, 0.1) is 24.7 Å². The van der Waals surface area contributed by atoms with Crippen LogP contribution in [0.15, 0.2) is 79.0 Å². The van der Waals surface area contributed by atoms with Gasteiger partial charge in [-0.1, -0.05) is 71.7 Å². The normalized spacial score (nSPS) is 21.3. The lowest BCUT2D eigenvalue weighted by atomic mass is 9.67. The fourth-order valence-electron chi connectivity index (χ4n) is 6.67. The van der Waals surface area contributed by atoms with Crippen LogP contribution in [0.3, 0.4) is 0 Å². The average Bonchev–Trinajstić information content (AvgIpc) is 3.55. The summed E-state index contributed by atoms with van der Waals surface area (Å²) in [6.07, 6.45) is 4.17. The predicted molar refractivity (Wildman–Crippen MR) is 167 cm³/mol. The molecular weight excluding hydrogens is 569 g/mol. The van der Waals surface area contributed by atoms with Crippen LogP contribution in [0.1, 0.15) is 48.4 Å². The lowest BCUT2D eigenvalue weighted by Gasteiger charge is -2.37. The Morgan fingerprint density at radius 1 is 0.952 bits per heavy atom. The fourth-order valence-corrected chi connectivity index (χ4v) is 6.97. The minimum atomic E-state index is -1.03. The van der Waals surface area contributed by atoms with Crippen LogP contribution in [0.4, 0.5) is 0 Å². The molecule has 0 saturated carbocycles. The molecule has 2 atom stereocenters. The molecule has 2 aliphatic heterocycles. The van der Waals surface area contributed by atoms with Crippen LogP contribution in [0.2, 0.25) is 10.0 Å². The molecule has 1 aromatic heterocycles. The summed E-state index contributed by atoms with van der Waals surface area (Å²) in [5.41, 5.74) is 2.61. The Balaban J connectivity index is 1.40. The molecule has 1 N–H and O–H groups in total. The SMILES string of the molecule is O=C1C[C@@](C(=O)CCCCN2CCOCC2)(c2ccccc2)[C@H](c2c[nH]c3cc(Cl)ccc23)N1Cc1ccc(Cl)cc1. The molecule has 4 aromatic rings. The van der Waals surface area contributed by atoms with Crippen molar-refractivity contribution in [3.8, 4) is 0 Å². The first-order valence-corrected chi connectivity index (χ1v) is 15.4. The topological polar surface area (TPSA) is 65.6 Å². The van der Waals surface area contributed by atoms with Gasteiger partial charge in [-0.15, -0.1) is 0 Å². The highest BCUT2D eigenvalue weighted by atomic mass is 35.5. The van der Waals surface area contributed by atoms with Crippen LogP contribution in [-0.2, 0) is 26.3 Å². The highest BCUT2D eigenvalue weighted by Crippen LogP contribution is 2.53. The highest BCUT2D eigenvalue weighted by molar-refractivity contribution is 6.31. The monoisotopic (exact) mass is 603 g/mol. The number of fused-ring (bicyclic) bond motifs is 1. The van der Waals surface area contributed by atoms with E-state index in [4.69, 9.17) is 27.9 Å². The molecule has 0 aliphatic carbocycles. The summed E-state index contributed by atoms with van der Waals surface area (Å²) in [7, 11) is 0. The number of ether oxygens (including phenoxy) is 1. The number of carbonyl (C=O) groups is 2. The molecule has 0 unspecified atom stereocenters. The second-order valence-corrected chi connectivity index (χ2v) is 12.2. The molecule has 8 heteroatoms. The van der Waals surface area contributed by atoms with Crippen molar-refractivity contribution in [1.29, 1.82) is 0 Å². The van der Waals surface area contributed by atoms with Crippen molar-refractivity contribution in [1.82, 2.24) is 14.8 Å². The summed E-state index contributed by atoms with van der Waals surface area (Å²) in [5.74, 6) is 0.0692. The van der Waals surface area contributed by atoms with Gasteiger partial charge in [-0.2, -0.15) is 0 Å². The predicted octanol–water partition coefficient (Wildman–Crippen LogP) is 6.96. The number of morpholine rings is 1. The Kier molecular flexibility index (Phi) is 8.68. The van der Waals surface area contributed by atoms with E-state index in [9.17, 15) is 9.59 Å². The molecule has 6 rings (SSSR count). The van der Waals surface area contributed by atoms with Gasteiger partial charge < -0.3 is 14.6 Å². The number of likely N-dealkylation sites (tertiary alicyclic amines) is 1. The van der Waals surface area contributed by atoms with Gasteiger partial charge >= 0.3 is 0 Å². The van der Waals surface area contributed by atoms with E-state index >= 15 is 0 Å². The Morgan fingerprint density at radius 2 is 1.69 bits per heavy atom. The Morgan fingerprint density at radius 3 is 2.45 bits per heavy atom. The first-order valence-electron chi connectivity index (χ1n) is 14.6. The quantitative estimate of drug-likeness (QED) is 0.199. The number of halogens is 2. The lowest BCUT2D eigenvalue weighted by molar-refractivity contribution is -0.129. The van der Waals surface area contributed by atoms with Gasteiger partial charge in [0, 0.05) is 65.2 Å². The summed E-state index contributed by atoms with van der Waals surface area (Å²) >= 11 is 12.5. The van der Waals surface area contributed by atoms with Crippen molar-refractivity contribution >= 4 is 45.8 Å². The van der Waals surface area contributed by atoms with Crippen molar-refractivity contribution in [3.05, 3.63) is 106 Å². The van der Waals surface area contributed by atoms with E-state index in [2.05, 4.69) is 9.88 Å². The number of rotatable bonds is 10. The molecule has 0 bridgehead atoms. The minimum Gasteiger partial charge on any atom is -0.379 e. The number of benzene rings is 3. The van der Waals surface area contributed by atoms with Gasteiger partial charge in [-0.05, 0) is 54.8 Å². The molecule has 3 aromatic carbocycles. The van der Waals surface area contributed by atoms with Gasteiger partial charge in [0.15, 0.2) is 0 Å². The third-order valence-corrected chi connectivity index (χ3v) is 9.27. The smallest absolute Gasteiger partial charge is 0.224 e. The number of aromatic amines is 1. The van der Waals surface area contributed by atoms with Gasteiger partial charge in [0.25, 0.3) is 0 Å². The van der Waals surface area contributed by atoms with Crippen molar-refractivity contribution in [2.24, 2.45) is 0 Å². The zero-order chi connectivity index (χ0) is 29.1. The Hall–Kier alpha value is -3.16. The Bertz CT molecular complexity index is 1550. The second kappa shape index (κ2) is 12.6.